The molecule has 0 aromatic carbocycles. The van der Waals surface area contributed by atoms with E-state index in [4.69, 9.17) is 5.39 Å². The second-order valence-corrected chi connectivity index (χ2v) is 2.96. The smallest absolute Gasteiger partial charge is 0.184 e. The lowest BCUT2D eigenvalue weighted by molar-refractivity contribution is 0.627. The molecule has 1 aliphatic rings. The molecular weight excluding hydrogens is 164 g/mol. The Hall–Kier alpha value is -1.41. The van der Waals surface area contributed by atoms with Gasteiger partial charge in [-0.3, -0.25) is 0 Å². The molecule has 0 aromatic heterocycles. The van der Waals surface area contributed by atoms with E-state index in [2.05, 4.69) is 4.98 Å². The second-order valence-electron chi connectivity index (χ2n) is 1.97. The molecule has 0 saturated carbocycles. The normalized spacial score (nSPS) is 15.5. The van der Waals surface area contributed by atoms with Crippen LogP contribution >= 0.6 is 0 Å². The Kier molecular flexibility index (Phi) is 2.18. The van der Waals surface area contributed by atoms with Crippen molar-refractivity contribution in [1.82, 2.24) is 0 Å². The summed E-state index contributed by atoms with van der Waals surface area (Å²) in [7, 11) is -2.16. The van der Waals surface area contributed by atoms with Crippen LogP contribution in [0.3, 0.4) is 0 Å². The third kappa shape index (κ3) is 1.75. The number of hydrogen-bond donors (Lipinski definition) is 0. The zero-order valence-corrected chi connectivity index (χ0v) is 6.37. The van der Waals surface area contributed by atoms with E-state index in [1.807, 2.05) is 0 Å². The molecule has 0 saturated heterocycles. The zero-order valence-electron chi connectivity index (χ0n) is 5.56. The predicted molar refractivity (Wildman–Crippen MR) is 40.9 cm³/mol. The van der Waals surface area contributed by atoms with Crippen LogP contribution in [0.5, 0.6) is 0 Å². The van der Waals surface area contributed by atoms with Gasteiger partial charge in [0.2, 0.25) is 15.7 Å². The van der Waals surface area contributed by atoms with E-state index in [-0.39, 0.29) is 0 Å². The van der Waals surface area contributed by atoms with Crippen LogP contribution < -0.4 is 0 Å². The van der Waals surface area contributed by atoms with Gasteiger partial charge in [0.15, 0.2) is 4.98 Å². The largest absolute Gasteiger partial charge is 0.381 e. The van der Waals surface area contributed by atoms with Gasteiger partial charge in [-0.25, -0.2) is 0 Å². The lowest BCUT2D eigenvalue weighted by Gasteiger charge is -1.90. The molecule has 1 aliphatic carbocycles. The molecule has 0 radical (unpaired) electrons. The molecular formula is C6H5N2O2S+. The van der Waals surface area contributed by atoms with Crippen LogP contribution in [-0.4, -0.2) is 13.3 Å². The number of hydrogen-bond acceptors (Lipinski definition) is 3. The highest BCUT2D eigenvalue weighted by Crippen LogP contribution is 2.07. The summed E-state index contributed by atoms with van der Waals surface area (Å²) < 4.78 is 20.7. The first-order valence-electron chi connectivity index (χ1n) is 2.92. The van der Waals surface area contributed by atoms with Gasteiger partial charge in [-0.15, -0.1) is 0 Å². The Morgan fingerprint density at radius 1 is 1.45 bits per heavy atom. The van der Waals surface area contributed by atoms with Crippen molar-refractivity contribution >= 4 is 15.2 Å². The minimum absolute atomic E-state index is 0.298. The van der Waals surface area contributed by atoms with Gasteiger partial charge in [-0.05, 0) is 6.08 Å². The summed E-state index contributed by atoms with van der Waals surface area (Å²) in [5.41, 5.74) is 0.388. The third-order valence-corrected chi connectivity index (χ3v) is 2.01. The van der Waals surface area contributed by atoms with Crippen LogP contribution in [0, 0.1) is 5.39 Å². The van der Waals surface area contributed by atoms with Crippen LogP contribution in [0.4, 0.5) is 0 Å². The van der Waals surface area contributed by atoms with Crippen molar-refractivity contribution in [3.63, 3.8) is 0 Å². The van der Waals surface area contributed by atoms with Gasteiger partial charge in [0.05, 0.1) is 4.86 Å². The molecule has 4 nitrogen and oxygen atoms in total. The van der Waals surface area contributed by atoms with Crippen molar-refractivity contribution in [2.75, 3.05) is 0 Å². The number of rotatable bonds is 0. The van der Waals surface area contributed by atoms with E-state index < -0.39 is 10.3 Å². The maximum absolute atomic E-state index is 10.3. The monoisotopic (exact) mass is 169 g/mol. The fraction of sp³-hybridized carbons (Fsp3) is 0.167. The first-order chi connectivity index (χ1) is 5.24. The van der Waals surface area contributed by atoms with Crippen molar-refractivity contribution in [2.24, 2.45) is 0 Å². The highest BCUT2D eigenvalue weighted by atomic mass is 32.2. The minimum Gasteiger partial charge on any atom is -0.184 e. The zero-order chi connectivity index (χ0) is 8.27. The Morgan fingerprint density at radius 3 is 2.55 bits per heavy atom. The summed E-state index contributed by atoms with van der Waals surface area (Å²) in [5.74, 6) is 0. The molecule has 0 aromatic rings. The molecule has 5 heteroatoms. The Labute approximate surface area is 65.0 Å². The molecule has 0 spiro atoms. The average Bonchev–Trinajstić information content (AvgIpc) is 2.05. The van der Waals surface area contributed by atoms with Crippen molar-refractivity contribution in [3.05, 3.63) is 28.9 Å². The average molecular weight is 169 g/mol. The second kappa shape index (κ2) is 3.12. The number of diazo groups is 1. The van der Waals surface area contributed by atoms with E-state index in [1.165, 1.54) is 18.2 Å². The van der Waals surface area contributed by atoms with Crippen LogP contribution in [-0.2, 0) is 10.3 Å². The lowest BCUT2D eigenvalue weighted by Crippen LogP contribution is -1.97. The van der Waals surface area contributed by atoms with Gasteiger partial charge in [0.1, 0.15) is 0 Å². The van der Waals surface area contributed by atoms with Crippen LogP contribution in [0.15, 0.2) is 23.9 Å². The highest BCUT2D eigenvalue weighted by molar-refractivity contribution is 7.73. The molecule has 11 heavy (non-hydrogen) atoms. The molecule has 0 bridgehead atoms. The van der Waals surface area contributed by atoms with Gasteiger partial charge in [-0.2, -0.15) is 8.42 Å². The van der Waals surface area contributed by atoms with E-state index in [0.717, 1.165) is 0 Å². The van der Waals surface area contributed by atoms with Crippen LogP contribution in [0.1, 0.15) is 6.42 Å². The molecule has 0 aliphatic heterocycles. The van der Waals surface area contributed by atoms with Crippen molar-refractivity contribution in [2.45, 2.75) is 6.42 Å². The van der Waals surface area contributed by atoms with Crippen LogP contribution in [0.25, 0.3) is 4.98 Å². The predicted octanol–water partition coefficient (Wildman–Crippen LogP) is 0.735. The summed E-state index contributed by atoms with van der Waals surface area (Å²) in [6.07, 6.45) is 4.68. The topological polar surface area (TPSA) is 62.3 Å². The molecule has 0 fully saturated rings. The SMILES string of the molecule is N#[N+]C1=CCC(=S(=O)=O)C=C1. The molecule has 56 valence electrons. The van der Waals surface area contributed by atoms with Crippen molar-refractivity contribution in [1.29, 1.82) is 5.39 Å². The standard InChI is InChI=1S/C6H5N2O2S/c7-8-5-1-3-6(4-2-5)11(9)10/h1-3H,4H2/q+1. The maximum atomic E-state index is 10.3. The number of allylic oxidation sites excluding steroid dienone is 3. The molecule has 0 amide bonds. The van der Waals surface area contributed by atoms with Crippen LogP contribution in [0.2, 0.25) is 0 Å². The quantitative estimate of drug-likeness (QED) is 0.396. The van der Waals surface area contributed by atoms with Gasteiger partial charge in [0.25, 0.3) is 0 Å². The van der Waals surface area contributed by atoms with Gasteiger partial charge < -0.3 is 0 Å². The Morgan fingerprint density at radius 2 is 2.18 bits per heavy atom. The minimum atomic E-state index is -2.16. The summed E-state index contributed by atoms with van der Waals surface area (Å²) in [6, 6.07) is 0. The van der Waals surface area contributed by atoms with Gasteiger partial charge >= 0.3 is 5.70 Å². The molecule has 0 atom stereocenters. The van der Waals surface area contributed by atoms with E-state index >= 15 is 0 Å². The number of nitrogens with zero attached hydrogens (tertiary/aromatic N) is 2. The fourth-order valence-electron chi connectivity index (χ4n) is 0.717. The molecule has 0 heterocycles. The molecule has 1 rings (SSSR count). The van der Waals surface area contributed by atoms with E-state index in [1.54, 1.807) is 0 Å². The van der Waals surface area contributed by atoms with Crippen molar-refractivity contribution < 1.29 is 8.42 Å². The van der Waals surface area contributed by atoms with Crippen molar-refractivity contribution in [3.8, 4) is 0 Å². The summed E-state index contributed by atoms with van der Waals surface area (Å²) in [5, 5.41) is 8.26. The van der Waals surface area contributed by atoms with Gasteiger partial charge in [-0.1, -0.05) is 0 Å². The van der Waals surface area contributed by atoms with Gasteiger partial charge in [0, 0.05) is 18.6 Å². The molecule has 0 unspecified atom stereocenters. The fourth-order valence-corrected chi connectivity index (χ4v) is 1.12. The first-order valence-corrected chi connectivity index (χ1v) is 4.00. The summed E-state index contributed by atoms with van der Waals surface area (Å²) in [4.78, 5) is 3.20. The summed E-state index contributed by atoms with van der Waals surface area (Å²) >= 11 is 0. The Bertz CT molecular complexity index is 387. The maximum Gasteiger partial charge on any atom is 0.381 e. The Balaban J connectivity index is 3.01. The van der Waals surface area contributed by atoms with E-state index in [0.29, 0.717) is 17.0 Å². The summed E-state index contributed by atoms with van der Waals surface area (Å²) in [6.45, 7) is 0. The molecule has 0 N–H and O–H groups in total. The highest BCUT2D eigenvalue weighted by Gasteiger charge is 2.11. The third-order valence-electron chi connectivity index (χ3n) is 1.28. The lowest BCUT2D eigenvalue weighted by atomic mass is 10.1. The van der Waals surface area contributed by atoms with E-state index in [9.17, 15) is 8.42 Å². The first kappa shape index (κ1) is 7.69.